The normalized spacial score (nSPS) is 14.0. The lowest BCUT2D eigenvalue weighted by Gasteiger charge is -2.12. The topological polar surface area (TPSA) is 20.2 Å². The van der Waals surface area contributed by atoms with Crippen LogP contribution in [-0.2, 0) is 0 Å². The van der Waals surface area contributed by atoms with Crippen LogP contribution in [0, 0.1) is 0 Å². The van der Waals surface area contributed by atoms with Crippen LogP contribution in [0.4, 0.5) is 0 Å². The van der Waals surface area contributed by atoms with Gasteiger partial charge in [-0.15, -0.1) is 0 Å². The van der Waals surface area contributed by atoms with E-state index >= 15 is 0 Å². The molecule has 1 rings (SSSR count). The molecule has 0 amide bonds. The lowest BCUT2D eigenvalue weighted by atomic mass is 10.2. The van der Waals surface area contributed by atoms with E-state index in [9.17, 15) is 5.11 Å². The number of aliphatic hydroxyl groups excluding tert-OH is 1. The summed E-state index contributed by atoms with van der Waals surface area (Å²) in [6, 6.07) is 7.63. The van der Waals surface area contributed by atoms with Crippen molar-refractivity contribution in [2.45, 2.75) is 31.3 Å². The van der Waals surface area contributed by atoms with E-state index in [0.29, 0.717) is 0 Å². The quantitative estimate of drug-likeness (QED) is 0.802. The smallest absolute Gasteiger partial charge is 0.0845 e. The van der Waals surface area contributed by atoms with Gasteiger partial charge in [0, 0.05) is 14.8 Å². The predicted octanol–water partition coefficient (Wildman–Crippen LogP) is 4.11. The van der Waals surface area contributed by atoms with E-state index in [1.807, 2.05) is 44.2 Å². The Morgan fingerprint density at radius 2 is 2.07 bits per heavy atom. The van der Waals surface area contributed by atoms with Crippen LogP contribution >= 0.6 is 23.4 Å². The number of rotatable bonds is 4. The summed E-state index contributed by atoms with van der Waals surface area (Å²) in [7, 11) is 0. The summed E-state index contributed by atoms with van der Waals surface area (Å²) in [6.07, 6.45) is 2.32. The second-order valence-electron chi connectivity index (χ2n) is 3.17. The fourth-order valence-corrected chi connectivity index (χ4v) is 2.25. The van der Waals surface area contributed by atoms with Gasteiger partial charge in [-0.05, 0) is 37.6 Å². The third-order valence-corrected chi connectivity index (χ3v) is 3.55. The van der Waals surface area contributed by atoms with Crippen LogP contribution in [0.5, 0.6) is 0 Å². The highest BCUT2D eigenvalue weighted by Crippen LogP contribution is 2.30. The number of allylic oxidation sites excluding steroid dienone is 1. The molecule has 82 valence electrons. The van der Waals surface area contributed by atoms with Crippen molar-refractivity contribution in [3.8, 4) is 0 Å². The molecule has 0 saturated carbocycles. The van der Waals surface area contributed by atoms with Crippen LogP contribution in [0.3, 0.4) is 0 Å². The minimum atomic E-state index is -0.365. The zero-order valence-electron chi connectivity index (χ0n) is 8.90. The first-order valence-corrected chi connectivity index (χ1v) is 6.14. The van der Waals surface area contributed by atoms with Gasteiger partial charge in [0.2, 0.25) is 0 Å². The second kappa shape index (κ2) is 6.21. The van der Waals surface area contributed by atoms with Crippen LogP contribution < -0.4 is 0 Å². The molecule has 15 heavy (non-hydrogen) atoms. The molecule has 1 atom stereocenters. The van der Waals surface area contributed by atoms with Gasteiger partial charge < -0.3 is 5.11 Å². The summed E-state index contributed by atoms with van der Waals surface area (Å²) in [6.45, 7) is 3.91. The molecule has 0 spiro atoms. The zero-order valence-corrected chi connectivity index (χ0v) is 10.5. The Balaban J connectivity index is 2.72. The molecular formula is C12H15ClOS. The third kappa shape index (κ3) is 3.90. The summed E-state index contributed by atoms with van der Waals surface area (Å²) in [5.74, 6) is 0. The van der Waals surface area contributed by atoms with Crippen LogP contribution in [0.2, 0.25) is 5.02 Å². The van der Waals surface area contributed by atoms with E-state index in [1.165, 1.54) is 0 Å². The Morgan fingerprint density at radius 3 is 2.53 bits per heavy atom. The van der Waals surface area contributed by atoms with E-state index < -0.39 is 0 Å². The predicted molar refractivity (Wildman–Crippen MR) is 67.4 cm³/mol. The van der Waals surface area contributed by atoms with Gasteiger partial charge in [0.1, 0.15) is 0 Å². The minimum Gasteiger partial charge on any atom is -0.388 e. The molecule has 0 aliphatic rings. The summed E-state index contributed by atoms with van der Waals surface area (Å²) < 4.78 is 0. The first kappa shape index (κ1) is 12.6. The highest BCUT2D eigenvalue weighted by atomic mass is 35.5. The van der Waals surface area contributed by atoms with Gasteiger partial charge in [-0.2, -0.15) is 0 Å². The number of halogens is 1. The number of benzene rings is 1. The molecule has 1 unspecified atom stereocenters. The lowest BCUT2D eigenvalue weighted by Crippen LogP contribution is -2.05. The van der Waals surface area contributed by atoms with E-state index in [-0.39, 0.29) is 6.10 Å². The Morgan fingerprint density at radius 1 is 1.47 bits per heavy atom. The molecule has 0 radical (unpaired) electrons. The zero-order chi connectivity index (χ0) is 11.3. The summed E-state index contributed by atoms with van der Waals surface area (Å²) in [5.41, 5.74) is 0. The van der Waals surface area contributed by atoms with Gasteiger partial charge in [0.05, 0.1) is 6.10 Å². The largest absolute Gasteiger partial charge is 0.388 e. The Hall–Kier alpha value is -0.440. The maximum absolute atomic E-state index is 9.72. The van der Waals surface area contributed by atoms with Gasteiger partial charge in [0.15, 0.2) is 0 Å². The highest BCUT2D eigenvalue weighted by molar-refractivity contribution is 8.03. The molecule has 0 aromatic heterocycles. The summed E-state index contributed by atoms with van der Waals surface area (Å²) in [4.78, 5) is 2.08. The fraction of sp³-hybridized carbons (Fsp3) is 0.333. The van der Waals surface area contributed by atoms with Crippen LogP contribution in [0.15, 0.2) is 40.1 Å². The SMILES string of the molecule is C/C=C(/Sc1ccc(Cl)cc1)C(O)CC. The Bertz CT molecular complexity index is 332. The van der Waals surface area contributed by atoms with Crippen molar-refractivity contribution in [1.29, 1.82) is 0 Å². The van der Waals surface area contributed by atoms with Crippen molar-refractivity contribution in [1.82, 2.24) is 0 Å². The molecule has 1 aromatic carbocycles. The Kier molecular flexibility index (Phi) is 5.23. The number of thioether (sulfide) groups is 1. The van der Waals surface area contributed by atoms with Crippen molar-refractivity contribution in [3.63, 3.8) is 0 Å². The first-order valence-electron chi connectivity index (χ1n) is 4.95. The van der Waals surface area contributed by atoms with Crippen LogP contribution in [0.25, 0.3) is 0 Å². The molecule has 0 aliphatic heterocycles. The van der Waals surface area contributed by atoms with Gasteiger partial charge in [-0.1, -0.05) is 36.4 Å². The maximum atomic E-state index is 9.72. The molecule has 1 aromatic rings. The molecular weight excluding hydrogens is 228 g/mol. The second-order valence-corrected chi connectivity index (χ2v) is 4.75. The van der Waals surface area contributed by atoms with E-state index in [4.69, 9.17) is 11.6 Å². The van der Waals surface area contributed by atoms with Crippen molar-refractivity contribution in [3.05, 3.63) is 40.3 Å². The fourth-order valence-electron chi connectivity index (χ4n) is 1.16. The Labute approximate surface area is 100 Å². The maximum Gasteiger partial charge on any atom is 0.0845 e. The monoisotopic (exact) mass is 242 g/mol. The van der Waals surface area contributed by atoms with Crippen LogP contribution in [0.1, 0.15) is 20.3 Å². The average Bonchev–Trinajstić information content (AvgIpc) is 2.27. The molecule has 0 fully saturated rings. The summed E-state index contributed by atoms with van der Waals surface area (Å²) >= 11 is 7.38. The van der Waals surface area contributed by atoms with Crippen molar-refractivity contribution in [2.75, 3.05) is 0 Å². The molecule has 1 N–H and O–H groups in total. The highest BCUT2D eigenvalue weighted by Gasteiger charge is 2.08. The number of hydrogen-bond donors (Lipinski definition) is 1. The third-order valence-electron chi connectivity index (χ3n) is 2.05. The van der Waals surface area contributed by atoms with Gasteiger partial charge >= 0.3 is 0 Å². The molecule has 0 bridgehead atoms. The van der Waals surface area contributed by atoms with Gasteiger partial charge in [-0.3, -0.25) is 0 Å². The first-order chi connectivity index (χ1) is 7.17. The minimum absolute atomic E-state index is 0.365. The molecule has 0 heterocycles. The molecule has 0 aliphatic carbocycles. The summed E-state index contributed by atoms with van der Waals surface area (Å²) in [5, 5.41) is 10.5. The van der Waals surface area contributed by atoms with E-state index in [1.54, 1.807) is 11.8 Å². The standard InChI is InChI=1S/C12H15ClOS/c1-3-11(14)12(4-2)15-10-7-5-9(13)6-8-10/h4-8,11,14H,3H2,1-2H3/b12-4+. The van der Waals surface area contributed by atoms with E-state index in [0.717, 1.165) is 21.2 Å². The lowest BCUT2D eigenvalue weighted by molar-refractivity contribution is 0.215. The van der Waals surface area contributed by atoms with Crippen molar-refractivity contribution >= 4 is 23.4 Å². The van der Waals surface area contributed by atoms with Crippen molar-refractivity contribution < 1.29 is 5.11 Å². The van der Waals surface area contributed by atoms with Crippen molar-refractivity contribution in [2.24, 2.45) is 0 Å². The van der Waals surface area contributed by atoms with E-state index in [2.05, 4.69) is 0 Å². The molecule has 0 saturated heterocycles. The van der Waals surface area contributed by atoms with Gasteiger partial charge in [0.25, 0.3) is 0 Å². The number of aliphatic hydroxyl groups is 1. The molecule has 1 nitrogen and oxygen atoms in total. The average molecular weight is 243 g/mol. The van der Waals surface area contributed by atoms with Crippen LogP contribution in [-0.4, -0.2) is 11.2 Å². The number of hydrogen-bond acceptors (Lipinski definition) is 2. The molecule has 3 heteroatoms. The van der Waals surface area contributed by atoms with Gasteiger partial charge in [-0.25, -0.2) is 0 Å².